The molecule has 0 aliphatic carbocycles. The molecule has 4 aromatic rings. The van der Waals surface area contributed by atoms with Gasteiger partial charge in [0, 0.05) is 22.0 Å². The maximum Gasteiger partial charge on any atom is 0.281 e. The number of carbonyl (C=O) groups is 1. The molecule has 0 aliphatic rings. The number of rotatable bonds is 7. The van der Waals surface area contributed by atoms with Crippen LogP contribution >= 0.6 is 34.7 Å². The van der Waals surface area contributed by atoms with Crippen molar-refractivity contribution in [3.8, 4) is 11.4 Å². The Kier molecular flexibility index (Phi) is 6.45. The van der Waals surface area contributed by atoms with E-state index < -0.39 is 0 Å². The van der Waals surface area contributed by atoms with Gasteiger partial charge in [0.15, 0.2) is 11.0 Å². The molecule has 32 heavy (non-hydrogen) atoms. The highest BCUT2D eigenvalue weighted by molar-refractivity contribution is 7.99. The summed E-state index contributed by atoms with van der Waals surface area (Å²) in [5.41, 5.74) is 4.04. The van der Waals surface area contributed by atoms with E-state index in [0.717, 1.165) is 20.7 Å². The van der Waals surface area contributed by atoms with E-state index in [9.17, 15) is 9.59 Å². The van der Waals surface area contributed by atoms with Crippen LogP contribution in [0.3, 0.4) is 0 Å². The molecule has 0 saturated carbocycles. The van der Waals surface area contributed by atoms with Crippen molar-refractivity contribution in [1.82, 2.24) is 24.4 Å². The number of aryl methyl sites for hydroxylation is 2. The van der Waals surface area contributed by atoms with Crippen LogP contribution in [0.4, 0.5) is 0 Å². The Morgan fingerprint density at radius 2 is 2.03 bits per heavy atom. The largest absolute Gasteiger partial charge is 0.298 e. The zero-order valence-corrected chi connectivity index (χ0v) is 19.7. The lowest BCUT2D eigenvalue weighted by molar-refractivity contribution is -0.114. The fraction of sp³-hybridized carbons (Fsp3) is 0.190. The molecule has 164 valence electrons. The minimum Gasteiger partial charge on any atom is -0.298 e. The van der Waals surface area contributed by atoms with Crippen molar-refractivity contribution in [2.24, 2.45) is 0 Å². The molecule has 1 aromatic carbocycles. The quantitative estimate of drug-likeness (QED) is 0.313. The first-order valence-electron chi connectivity index (χ1n) is 9.59. The van der Waals surface area contributed by atoms with Crippen LogP contribution in [0.15, 0.2) is 53.2 Å². The Labute approximate surface area is 196 Å². The van der Waals surface area contributed by atoms with Crippen molar-refractivity contribution in [2.75, 3.05) is 11.2 Å². The standard InChI is InChI=1S/C21H19ClN6O2S2/c1-4-9-27-18(14-5-7-15(22)8-6-14)24-25-21(27)31-10-16(29)26-28-11-23-19-17(20(28)30)12(2)13(3)32-19/h4-8,11H,1,9-10H2,2-3H3,(H,26,29). The Balaban J connectivity index is 1.51. The zero-order chi connectivity index (χ0) is 22.8. The Hall–Kier alpha value is -2.95. The molecule has 0 saturated heterocycles. The highest BCUT2D eigenvalue weighted by Gasteiger charge is 2.17. The third-order valence-corrected chi connectivity index (χ3v) is 7.13. The van der Waals surface area contributed by atoms with E-state index in [1.165, 1.54) is 29.4 Å². The first kappa shape index (κ1) is 22.3. The maximum absolute atomic E-state index is 12.8. The van der Waals surface area contributed by atoms with Gasteiger partial charge in [0.2, 0.25) is 5.91 Å². The average molecular weight is 487 g/mol. The van der Waals surface area contributed by atoms with Crippen LogP contribution in [0.1, 0.15) is 10.4 Å². The van der Waals surface area contributed by atoms with Gasteiger partial charge < -0.3 is 0 Å². The topological polar surface area (TPSA) is 94.7 Å². The Bertz CT molecular complexity index is 1370. The summed E-state index contributed by atoms with van der Waals surface area (Å²) in [4.78, 5) is 31.3. The molecule has 0 unspecified atom stereocenters. The molecular weight excluding hydrogens is 468 g/mol. The zero-order valence-electron chi connectivity index (χ0n) is 17.3. The SMILES string of the molecule is C=CCn1c(SCC(=O)Nn2cnc3sc(C)c(C)c3c2=O)nnc1-c1ccc(Cl)cc1. The summed E-state index contributed by atoms with van der Waals surface area (Å²) < 4.78 is 2.99. The molecule has 0 fully saturated rings. The van der Waals surface area contributed by atoms with Crippen LogP contribution in [-0.2, 0) is 11.3 Å². The molecule has 0 atom stereocenters. The second-order valence-electron chi connectivity index (χ2n) is 6.92. The summed E-state index contributed by atoms with van der Waals surface area (Å²) in [5, 5.41) is 10.2. The minimum atomic E-state index is -0.357. The monoisotopic (exact) mass is 486 g/mol. The van der Waals surface area contributed by atoms with Crippen molar-refractivity contribution in [3.63, 3.8) is 0 Å². The lowest BCUT2D eigenvalue weighted by Crippen LogP contribution is -2.34. The van der Waals surface area contributed by atoms with Gasteiger partial charge in [-0.15, -0.1) is 28.1 Å². The normalized spacial score (nSPS) is 11.1. The third kappa shape index (κ3) is 4.34. The van der Waals surface area contributed by atoms with Gasteiger partial charge in [0.25, 0.3) is 5.56 Å². The molecule has 0 aliphatic heterocycles. The predicted octanol–water partition coefficient (Wildman–Crippen LogP) is 4.04. The van der Waals surface area contributed by atoms with E-state index in [-0.39, 0.29) is 17.2 Å². The fourth-order valence-electron chi connectivity index (χ4n) is 3.11. The third-order valence-electron chi connectivity index (χ3n) is 4.80. The van der Waals surface area contributed by atoms with Crippen LogP contribution in [0.2, 0.25) is 5.02 Å². The summed E-state index contributed by atoms with van der Waals surface area (Å²) in [7, 11) is 0. The van der Waals surface area contributed by atoms with Gasteiger partial charge in [0.05, 0.1) is 11.1 Å². The van der Waals surface area contributed by atoms with Crippen molar-refractivity contribution in [3.05, 3.63) is 69.1 Å². The number of benzene rings is 1. The van der Waals surface area contributed by atoms with Crippen LogP contribution in [-0.4, -0.2) is 36.1 Å². The number of hydrogen-bond acceptors (Lipinski definition) is 7. The Morgan fingerprint density at radius 3 is 2.75 bits per heavy atom. The van der Waals surface area contributed by atoms with Crippen molar-refractivity contribution in [2.45, 2.75) is 25.5 Å². The summed E-state index contributed by atoms with van der Waals surface area (Å²) in [5.74, 6) is 0.338. The van der Waals surface area contributed by atoms with E-state index in [1.807, 2.05) is 30.5 Å². The number of nitrogens with zero attached hydrogens (tertiary/aromatic N) is 5. The molecule has 8 nitrogen and oxygen atoms in total. The van der Waals surface area contributed by atoms with E-state index >= 15 is 0 Å². The summed E-state index contributed by atoms with van der Waals surface area (Å²) in [6.45, 7) is 8.09. The first-order chi connectivity index (χ1) is 15.4. The van der Waals surface area contributed by atoms with Gasteiger partial charge in [-0.3, -0.25) is 19.6 Å². The van der Waals surface area contributed by atoms with Gasteiger partial charge in [-0.05, 0) is 43.7 Å². The van der Waals surface area contributed by atoms with Gasteiger partial charge in [-0.1, -0.05) is 29.4 Å². The number of carbonyl (C=O) groups excluding carboxylic acids is 1. The van der Waals surface area contributed by atoms with E-state index in [0.29, 0.717) is 32.8 Å². The van der Waals surface area contributed by atoms with Crippen molar-refractivity contribution < 1.29 is 4.79 Å². The molecule has 0 radical (unpaired) electrons. The number of hydrogen-bond donors (Lipinski definition) is 1. The highest BCUT2D eigenvalue weighted by atomic mass is 35.5. The van der Waals surface area contributed by atoms with Crippen LogP contribution < -0.4 is 11.0 Å². The van der Waals surface area contributed by atoms with E-state index in [1.54, 1.807) is 18.2 Å². The summed E-state index contributed by atoms with van der Waals surface area (Å²) in [6, 6.07) is 7.28. The second-order valence-corrected chi connectivity index (χ2v) is 9.50. The summed E-state index contributed by atoms with van der Waals surface area (Å²) in [6.07, 6.45) is 3.07. The van der Waals surface area contributed by atoms with Crippen LogP contribution in [0.5, 0.6) is 0 Å². The molecule has 3 heterocycles. The number of nitrogens with one attached hydrogen (secondary N) is 1. The number of halogens is 1. The van der Waals surface area contributed by atoms with Crippen molar-refractivity contribution in [1.29, 1.82) is 0 Å². The number of aromatic nitrogens is 5. The molecular formula is C21H19ClN6O2S2. The lowest BCUT2D eigenvalue weighted by atomic mass is 10.2. The average Bonchev–Trinajstić information content (AvgIpc) is 3.30. The molecule has 1 N–H and O–H groups in total. The molecule has 0 bridgehead atoms. The Morgan fingerprint density at radius 1 is 1.28 bits per heavy atom. The number of thiophene rings is 1. The van der Waals surface area contributed by atoms with Crippen molar-refractivity contribution >= 4 is 50.8 Å². The fourth-order valence-corrected chi connectivity index (χ4v) is 4.97. The van der Waals surface area contributed by atoms with Gasteiger partial charge in [-0.2, -0.15) is 0 Å². The van der Waals surface area contributed by atoms with Gasteiger partial charge in [-0.25, -0.2) is 9.66 Å². The number of fused-ring (bicyclic) bond motifs is 1. The van der Waals surface area contributed by atoms with Crippen LogP contribution in [0.25, 0.3) is 21.6 Å². The lowest BCUT2D eigenvalue weighted by Gasteiger charge is -2.09. The van der Waals surface area contributed by atoms with E-state index in [4.69, 9.17) is 11.6 Å². The second kappa shape index (κ2) is 9.27. The van der Waals surface area contributed by atoms with E-state index in [2.05, 4.69) is 27.2 Å². The molecule has 1 amide bonds. The highest BCUT2D eigenvalue weighted by Crippen LogP contribution is 2.26. The van der Waals surface area contributed by atoms with Gasteiger partial charge >= 0.3 is 0 Å². The summed E-state index contributed by atoms with van der Waals surface area (Å²) >= 11 is 8.65. The number of allylic oxidation sites excluding steroid dienone is 1. The maximum atomic E-state index is 12.8. The molecule has 11 heteroatoms. The molecule has 3 aromatic heterocycles. The number of amides is 1. The molecule has 4 rings (SSSR count). The minimum absolute atomic E-state index is 0.0437. The van der Waals surface area contributed by atoms with Gasteiger partial charge in [0.1, 0.15) is 11.2 Å². The smallest absolute Gasteiger partial charge is 0.281 e. The van der Waals surface area contributed by atoms with Crippen LogP contribution in [0, 0.1) is 13.8 Å². The first-order valence-corrected chi connectivity index (χ1v) is 11.8. The number of thioether (sulfide) groups is 1. The molecule has 0 spiro atoms. The predicted molar refractivity (Wildman–Crippen MR) is 129 cm³/mol.